The molecule has 1 aromatic carbocycles. The molecule has 0 unspecified atom stereocenters. The number of nitrogen functional groups attached to an aromatic ring is 1. The van der Waals surface area contributed by atoms with Crippen LogP contribution >= 0.6 is 0 Å². The van der Waals surface area contributed by atoms with E-state index < -0.39 is 0 Å². The Kier molecular flexibility index (Phi) is 4.06. The molecule has 0 spiro atoms. The van der Waals surface area contributed by atoms with Gasteiger partial charge in [-0.3, -0.25) is 4.79 Å². The van der Waals surface area contributed by atoms with Crippen molar-refractivity contribution in [3.05, 3.63) is 36.1 Å². The molecule has 1 amide bonds. The van der Waals surface area contributed by atoms with Crippen LogP contribution in [0.4, 0.5) is 5.88 Å². The van der Waals surface area contributed by atoms with Gasteiger partial charge in [0.25, 0.3) is 5.91 Å². The SMILES string of the molecule is CCC(CC)NC(=O)c1c(-c2coc3ccccc23)noc1N. The zero-order valence-electron chi connectivity index (χ0n) is 13.1. The molecule has 3 aromatic rings. The number of nitrogens with zero attached hydrogens (tertiary/aromatic N) is 1. The highest BCUT2D eigenvalue weighted by Crippen LogP contribution is 2.34. The highest BCUT2D eigenvalue weighted by atomic mass is 16.5. The molecule has 0 aliphatic rings. The highest BCUT2D eigenvalue weighted by molar-refractivity contribution is 6.06. The van der Waals surface area contributed by atoms with E-state index in [1.54, 1.807) is 6.26 Å². The first kappa shape index (κ1) is 15.1. The number of carbonyl (C=O) groups excluding carboxylic acids is 1. The minimum atomic E-state index is -0.280. The number of para-hydroxylation sites is 1. The molecule has 0 bridgehead atoms. The third-order valence-corrected chi connectivity index (χ3v) is 4.00. The van der Waals surface area contributed by atoms with Crippen LogP contribution in [0.1, 0.15) is 37.0 Å². The van der Waals surface area contributed by atoms with Gasteiger partial charge in [-0.1, -0.05) is 37.2 Å². The van der Waals surface area contributed by atoms with E-state index in [0.717, 1.165) is 23.8 Å². The first-order valence-electron chi connectivity index (χ1n) is 7.68. The van der Waals surface area contributed by atoms with Crippen molar-refractivity contribution in [2.24, 2.45) is 0 Å². The second-order valence-corrected chi connectivity index (χ2v) is 5.40. The Morgan fingerprint density at radius 1 is 1.30 bits per heavy atom. The second-order valence-electron chi connectivity index (χ2n) is 5.40. The van der Waals surface area contributed by atoms with Gasteiger partial charge in [0.05, 0.1) is 5.56 Å². The summed E-state index contributed by atoms with van der Waals surface area (Å²) in [5, 5.41) is 7.79. The number of nitrogens with one attached hydrogen (secondary N) is 1. The van der Waals surface area contributed by atoms with E-state index in [0.29, 0.717) is 11.3 Å². The van der Waals surface area contributed by atoms with E-state index in [9.17, 15) is 4.79 Å². The largest absolute Gasteiger partial charge is 0.464 e. The number of benzene rings is 1. The average Bonchev–Trinajstić information content (AvgIpc) is 3.15. The molecule has 6 heteroatoms. The molecule has 6 nitrogen and oxygen atoms in total. The maximum atomic E-state index is 12.6. The van der Waals surface area contributed by atoms with E-state index in [1.165, 1.54) is 0 Å². The highest BCUT2D eigenvalue weighted by Gasteiger charge is 2.25. The number of fused-ring (bicyclic) bond motifs is 1. The van der Waals surface area contributed by atoms with Gasteiger partial charge in [-0.25, -0.2) is 0 Å². The second kappa shape index (κ2) is 6.16. The number of amides is 1. The van der Waals surface area contributed by atoms with Crippen molar-refractivity contribution in [1.82, 2.24) is 10.5 Å². The van der Waals surface area contributed by atoms with Crippen LogP contribution in [0.25, 0.3) is 22.2 Å². The van der Waals surface area contributed by atoms with Gasteiger partial charge in [0, 0.05) is 11.4 Å². The Hall–Kier alpha value is -2.76. The number of anilines is 1. The van der Waals surface area contributed by atoms with Crippen LogP contribution in [-0.2, 0) is 0 Å². The molecule has 0 saturated heterocycles. The van der Waals surface area contributed by atoms with Crippen LogP contribution in [0.3, 0.4) is 0 Å². The minimum absolute atomic E-state index is 0.00809. The molecular formula is C17H19N3O3. The average molecular weight is 313 g/mol. The predicted octanol–water partition coefficient (Wildman–Crippen LogP) is 3.59. The van der Waals surface area contributed by atoms with Crippen molar-refractivity contribution in [3.63, 3.8) is 0 Å². The lowest BCUT2D eigenvalue weighted by Gasteiger charge is -2.14. The van der Waals surface area contributed by atoms with Crippen LogP contribution in [0.2, 0.25) is 0 Å². The van der Waals surface area contributed by atoms with Crippen LogP contribution in [0, 0.1) is 0 Å². The van der Waals surface area contributed by atoms with Crippen molar-refractivity contribution >= 4 is 22.8 Å². The molecule has 0 fully saturated rings. The summed E-state index contributed by atoms with van der Waals surface area (Å²) in [5.74, 6) is -0.272. The van der Waals surface area contributed by atoms with Gasteiger partial charge < -0.3 is 20.0 Å². The Labute approximate surface area is 133 Å². The van der Waals surface area contributed by atoms with Gasteiger partial charge in [0.1, 0.15) is 23.1 Å². The van der Waals surface area contributed by atoms with Crippen molar-refractivity contribution in [3.8, 4) is 11.3 Å². The van der Waals surface area contributed by atoms with Gasteiger partial charge in [-0.05, 0) is 18.9 Å². The number of carbonyl (C=O) groups is 1. The zero-order valence-corrected chi connectivity index (χ0v) is 13.1. The van der Waals surface area contributed by atoms with Crippen LogP contribution in [0.5, 0.6) is 0 Å². The summed E-state index contributed by atoms with van der Waals surface area (Å²) in [7, 11) is 0. The molecule has 0 radical (unpaired) electrons. The molecule has 2 heterocycles. The summed E-state index contributed by atoms with van der Waals surface area (Å²) in [6, 6.07) is 7.63. The van der Waals surface area contributed by atoms with Crippen molar-refractivity contribution in [2.45, 2.75) is 32.7 Å². The normalized spacial score (nSPS) is 11.3. The van der Waals surface area contributed by atoms with E-state index >= 15 is 0 Å². The fraction of sp³-hybridized carbons (Fsp3) is 0.294. The minimum Gasteiger partial charge on any atom is -0.464 e. The van der Waals surface area contributed by atoms with Crippen molar-refractivity contribution in [2.75, 3.05) is 5.73 Å². The van der Waals surface area contributed by atoms with Gasteiger partial charge in [0.15, 0.2) is 0 Å². The predicted molar refractivity (Wildman–Crippen MR) is 88.0 cm³/mol. The van der Waals surface area contributed by atoms with Crippen LogP contribution < -0.4 is 11.1 Å². The number of nitrogens with two attached hydrogens (primary N) is 1. The van der Waals surface area contributed by atoms with Gasteiger partial charge in [0.2, 0.25) is 5.88 Å². The Bertz CT molecular complexity index is 831. The fourth-order valence-corrected chi connectivity index (χ4v) is 2.62. The maximum Gasteiger partial charge on any atom is 0.259 e. The van der Waals surface area contributed by atoms with E-state index in [-0.39, 0.29) is 23.4 Å². The van der Waals surface area contributed by atoms with Gasteiger partial charge in [-0.2, -0.15) is 0 Å². The van der Waals surface area contributed by atoms with Crippen molar-refractivity contribution < 1.29 is 13.7 Å². The third-order valence-electron chi connectivity index (χ3n) is 4.00. The summed E-state index contributed by atoms with van der Waals surface area (Å²) < 4.78 is 10.6. The maximum absolute atomic E-state index is 12.6. The van der Waals surface area contributed by atoms with E-state index in [4.69, 9.17) is 14.7 Å². The molecule has 0 saturated carbocycles. The zero-order chi connectivity index (χ0) is 16.4. The lowest BCUT2D eigenvalue weighted by molar-refractivity contribution is 0.0936. The summed E-state index contributed by atoms with van der Waals surface area (Å²) in [4.78, 5) is 12.6. The van der Waals surface area contributed by atoms with E-state index in [2.05, 4.69) is 10.5 Å². The summed E-state index contributed by atoms with van der Waals surface area (Å²) in [6.07, 6.45) is 3.25. The van der Waals surface area contributed by atoms with Gasteiger partial charge >= 0.3 is 0 Å². The Morgan fingerprint density at radius 2 is 2.04 bits per heavy atom. The lowest BCUT2D eigenvalue weighted by Crippen LogP contribution is -2.34. The number of hydrogen-bond acceptors (Lipinski definition) is 5. The standard InChI is InChI=1S/C17H19N3O3/c1-3-10(4-2)19-17(21)14-15(20-23-16(14)18)12-9-22-13-8-6-5-7-11(12)13/h5-10H,3-4,18H2,1-2H3,(H,19,21). The first-order chi connectivity index (χ1) is 11.2. The monoisotopic (exact) mass is 313 g/mol. The summed E-state index contributed by atoms with van der Waals surface area (Å²) in [6.45, 7) is 4.05. The molecule has 0 aliphatic heterocycles. The number of hydrogen-bond donors (Lipinski definition) is 2. The molecule has 0 atom stereocenters. The van der Waals surface area contributed by atoms with E-state index in [1.807, 2.05) is 38.1 Å². The smallest absolute Gasteiger partial charge is 0.259 e. The summed E-state index contributed by atoms with van der Waals surface area (Å²) in [5.41, 5.74) is 7.89. The quantitative estimate of drug-likeness (QED) is 0.750. The lowest BCUT2D eigenvalue weighted by atomic mass is 10.1. The Morgan fingerprint density at radius 3 is 2.78 bits per heavy atom. The first-order valence-corrected chi connectivity index (χ1v) is 7.68. The fourth-order valence-electron chi connectivity index (χ4n) is 2.62. The molecule has 3 rings (SSSR count). The van der Waals surface area contributed by atoms with Crippen molar-refractivity contribution in [1.29, 1.82) is 0 Å². The van der Waals surface area contributed by atoms with Crippen LogP contribution in [-0.4, -0.2) is 17.1 Å². The van der Waals surface area contributed by atoms with Gasteiger partial charge in [-0.15, -0.1) is 0 Å². The molecular weight excluding hydrogens is 294 g/mol. The molecule has 120 valence electrons. The third kappa shape index (κ3) is 2.67. The summed E-state index contributed by atoms with van der Waals surface area (Å²) >= 11 is 0. The number of aromatic nitrogens is 1. The molecule has 2 aromatic heterocycles. The number of furan rings is 1. The Balaban J connectivity index is 2.04. The number of rotatable bonds is 5. The molecule has 23 heavy (non-hydrogen) atoms. The molecule has 0 aliphatic carbocycles. The molecule has 3 N–H and O–H groups in total. The van der Waals surface area contributed by atoms with Crippen LogP contribution in [0.15, 0.2) is 39.5 Å². The topological polar surface area (TPSA) is 94.3 Å².